The Labute approximate surface area is 96.5 Å². The van der Waals surface area contributed by atoms with E-state index in [9.17, 15) is 0 Å². The molecular formula is C13H17N3. The van der Waals surface area contributed by atoms with Gasteiger partial charge in [0.15, 0.2) is 0 Å². The third-order valence-electron chi connectivity index (χ3n) is 3.24. The van der Waals surface area contributed by atoms with Crippen molar-refractivity contribution in [2.24, 2.45) is 5.41 Å². The molecule has 0 atom stereocenters. The molecule has 84 valence electrons. The van der Waals surface area contributed by atoms with Crippen molar-refractivity contribution < 1.29 is 0 Å². The second-order valence-corrected chi connectivity index (χ2v) is 5.08. The zero-order valence-corrected chi connectivity index (χ0v) is 10.1. The first-order chi connectivity index (χ1) is 7.54. The molecule has 2 rings (SSSR count). The summed E-state index contributed by atoms with van der Waals surface area (Å²) in [5.41, 5.74) is 3.06. The highest BCUT2D eigenvalue weighted by molar-refractivity contribution is 5.56. The van der Waals surface area contributed by atoms with E-state index >= 15 is 0 Å². The zero-order chi connectivity index (χ0) is 11.8. The van der Waals surface area contributed by atoms with Crippen molar-refractivity contribution in [3.8, 4) is 6.07 Å². The van der Waals surface area contributed by atoms with Gasteiger partial charge < -0.3 is 5.32 Å². The molecule has 0 bridgehead atoms. The van der Waals surface area contributed by atoms with Crippen molar-refractivity contribution >= 4 is 5.82 Å². The molecule has 0 unspecified atom stereocenters. The van der Waals surface area contributed by atoms with Crippen LogP contribution in [0.3, 0.4) is 0 Å². The van der Waals surface area contributed by atoms with Gasteiger partial charge in [-0.3, -0.25) is 0 Å². The van der Waals surface area contributed by atoms with Crippen LogP contribution in [0.15, 0.2) is 6.07 Å². The summed E-state index contributed by atoms with van der Waals surface area (Å²) < 4.78 is 0. The van der Waals surface area contributed by atoms with E-state index in [0.717, 1.165) is 23.6 Å². The number of anilines is 1. The van der Waals surface area contributed by atoms with Gasteiger partial charge in [-0.05, 0) is 43.7 Å². The lowest BCUT2D eigenvalue weighted by atomic mass is 10.1. The maximum absolute atomic E-state index is 9.11. The summed E-state index contributed by atoms with van der Waals surface area (Å²) in [6, 6.07) is 4.17. The molecule has 0 radical (unpaired) electrons. The summed E-state index contributed by atoms with van der Waals surface area (Å²) in [6.45, 7) is 7.09. The first-order valence-corrected chi connectivity index (χ1v) is 5.66. The molecular weight excluding hydrogens is 198 g/mol. The lowest BCUT2D eigenvalue weighted by molar-refractivity contribution is 0.609. The third-order valence-corrected chi connectivity index (χ3v) is 3.24. The number of nitrogens with zero attached hydrogens (tertiary/aromatic N) is 2. The smallest absolute Gasteiger partial charge is 0.144 e. The van der Waals surface area contributed by atoms with Gasteiger partial charge in [0.25, 0.3) is 0 Å². The summed E-state index contributed by atoms with van der Waals surface area (Å²) in [4.78, 5) is 4.40. The van der Waals surface area contributed by atoms with Crippen molar-refractivity contribution in [1.82, 2.24) is 4.98 Å². The van der Waals surface area contributed by atoms with Gasteiger partial charge >= 0.3 is 0 Å². The zero-order valence-electron chi connectivity index (χ0n) is 10.1. The molecule has 1 fully saturated rings. The fourth-order valence-corrected chi connectivity index (χ4v) is 1.79. The van der Waals surface area contributed by atoms with E-state index in [0.29, 0.717) is 11.0 Å². The molecule has 3 heteroatoms. The molecule has 1 saturated carbocycles. The average molecular weight is 215 g/mol. The van der Waals surface area contributed by atoms with Gasteiger partial charge in [0.1, 0.15) is 11.9 Å². The molecule has 0 spiro atoms. The van der Waals surface area contributed by atoms with Crippen LogP contribution >= 0.6 is 0 Å². The SMILES string of the molecule is Cc1cc(C)c(C#N)c(NCC2(C)CC2)n1. The average Bonchev–Trinajstić information content (AvgIpc) is 2.94. The van der Waals surface area contributed by atoms with E-state index in [2.05, 4.69) is 23.3 Å². The van der Waals surface area contributed by atoms with Gasteiger partial charge in [-0.15, -0.1) is 0 Å². The molecule has 1 aliphatic rings. The fraction of sp³-hybridized carbons (Fsp3) is 0.538. The van der Waals surface area contributed by atoms with Gasteiger partial charge in [0.2, 0.25) is 0 Å². The Hall–Kier alpha value is -1.56. The van der Waals surface area contributed by atoms with Crippen LogP contribution in [-0.2, 0) is 0 Å². The highest BCUT2D eigenvalue weighted by Crippen LogP contribution is 2.44. The molecule has 0 aliphatic heterocycles. The van der Waals surface area contributed by atoms with Gasteiger partial charge in [-0.25, -0.2) is 4.98 Å². The summed E-state index contributed by atoms with van der Waals surface area (Å²) in [7, 11) is 0. The number of hydrogen-bond donors (Lipinski definition) is 1. The van der Waals surface area contributed by atoms with Gasteiger partial charge in [0.05, 0.1) is 5.56 Å². The number of nitriles is 1. The second-order valence-electron chi connectivity index (χ2n) is 5.08. The molecule has 1 N–H and O–H groups in total. The largest absolute Gasteiger partial charge is 0.368 e. The standard InChI is InChI=1S/C13H17N3/c1-9-6-10(2)16-12(11(9)7-14)15-8-13(3)4-5-13/h6H,4-5,8H2,1-3H3,(H,15,16). The van der Waals surface area contributed by atoms with E-state index in [1.54, 1.807) is 0 Å². The predicted octanol–water partition coefficient (Wildman–Crippen LogP) is 2.78. The molecule has 0 aromatic carbocycles. The molecule has 16 heavy (non-hydrogen) atoms. The number of nitrogens with one attached hydrogen (secondary N) is 1. The minimum Gasteiger partial charge on any atom is -0.368 e. The molecule has 1 heterocycles. The van der Waals surface area contributed by atoms with E-state index in [1.165, 1.54) is 12.8 Å². The van der Waals surface area contributed by atoms with Gasteiger partial charge in [-0.2, -0.15) is 5.26 Å². The Bertz CT molecular complexity index is 453. The number of aromatic nitrogens is 1. The molecule has 1 aliphatic carbocycles. The van der Waals surface area contributed by atoms with Crippen LogP contribution in [0, 0.1) is 30.6 Å². The third kappa shape index (κ3) is 2.16. The predicted molar refractivity (Wildman–Crippen MR) is 64.3 cm³/mol. The number of hydrogen-bond acceptors (Lipinski definition) is 3. The van der Waals surface area contributed by atoms with E-state index < -0.39 is 0 Å². The van der Waals surface area contributed by atoms with Crippen molar-refractivity contribution in [2.75, 3.05) is 11.9 Å². The molecule has 0 saturated heterocycles. The Kier molecular flexibility index (Phi) is 2.59. The number of aryl methyl sites for hydroxylation is 2. The maximum Gasteiger partial charge on any atom is 0.144 e. The highest BCUT2D eigenvalue weighted by atomic mass is 15.0. The van der Waals surface area contributed by atoms with Gasteiger partial charge in [-0.1, -0.05) is 6.92 Å². The first-order valence-electron chi connectivity index (χ1n) is 5.66. The van der Waals surface area contributed by atoms with Crippen LogP contribution in [0.25, 0.3) is 0 Å². The van der Waals surface area contributed by atoms with Crippen LogP contribution in [0.4, 0.5) is 5.82 Å². The molecule has 1 aromatic heterocycles. The van der Waals surface area contributed by atoms with Crippen LogP contribution < -0.4 is 5.32 Å². The Morgan fingerprint density at radius 3 is 2.75 bits per heavy atom. The highest BCUT2D eigenvalue weighted by Gasteiger charge is 2.37. The first kappa shape index (κ1) is 10.9. The van der Waals surface area contributed by atoms with Crippen LogP contribution in [0.2, 0.25) is 0 Å². The summed E-state index contributed by atoms with van der Waals surface area (Å²) in [5.74, 6) is 0.744. The van der Waals surface area contributed by atoms with E-state index in [4.69, 9.17) is 5.26 Å². The summed E-state index contributed by atoms with van der Waals surface area (Å²) >= 11 is 0. The van der Waals surface area contributed by atoms with Crippen LogP contribution in [0.1, 0.15) is 36.6 Å². The minimum absolute atomic E-state index is 0.423. The molecule has 1 aromatic rings. The number of pyridine rings is 1. The Balaban J connectivity index is 2.21. The van der Waals surface area contributed by atoms with Crippen molar-refractivity contribution in [2.45, 2.75) is 33.6 Å². The maximum atomic E-state index is 9.11. The monoisotopic (exact) mass is 215 g/mol. The Morgan fingerprint density at radius 2 is 2.19 bits per heavy atom. The summed E-state index contributed by atoms with van der Waals surface area (Å²) in [6.07, 6.45) is 2.54. The second kappa shape index (κ2) is 3.79. The van der Waals surface area contributed by atoms with Gasteiger partial charge in [0, 0.05) is 12.2 Å². The lowest BCUT2D eigenvalue weighted by Gasteiger charge is -2.13. The van der Waals surface area contributed by atoms with Crippen molar-refractivity contribution in [3.05, 3.63) is 22.9 Å². The summed E-state index contributed by atoms with van der Waals surface area (Å²) in [5, 5.41) is 12.4. The normalized spacial score (nSPS) is 16.6. The lowest BCUT2D eigenvalue weighted by Crippen LogP contribution is -2.14. The molecule has 0 amide bonds. The minimum atomic E-state index is 0.423. The fourth-order valence-electron chi connectivity index (χ4n) is 1.79. The molecule has 3 nitrogen and oxygen atoms in total. The topological polar surface area (TPSA) is 48.7 Å². The number of rotatable bonds is 3. The quantitative estimate of drug-likeness (QED) is 0.843. The van der Waals surface area contributed by atoms with E-state index in [-0.39, 0.29) is 0 Å². The Morgan fingerprint density at radius 1 is 1.50 bits per heavy atom. The van der Waals surface area contributed by atoms with E-state index in [1.807, 2.05) is 19.9 Å². The van der Waals surface area contributed by atoms with Crippen LogP contribution in [0.5, 0.6) is 0 Å². The van der Waals surface area contributed by atoms with Crippen molar-refractivity contribution in [1.29, 1.82) is 5.26 Å². The van der Waals surface area contributed by atoms with Crippen LogP contribution in [-0.4, -0.2) is 11.5 Å². The van der Waals surface area contributed by atoms with Crippen molar-refractivity contribution in [3.63, 3.8) is 0 Å².